The number of nitrogens with zero attached hydrogens (tertiary/aromatic N) is 1. The lowest BCUT2D eigenvalue weighted by Crippen LogP contribution is -1.90. The van der Waals surface area contributed by atoms with Crippen molar-refractivity contribution in [3.05, 3.63) is 18.3 Å². The van der Waals surface area contributed by atoms with Crippen LogP contribution in [0.25, 0.3) is 0 Å². The van der Waals surface area contributed by atoms with Crippen LogP contribution in [0.3, 0.4) is 0 Å². The van der Waals surface area contributed by atoms with Crippen molar-refractivity contribution in [3.8, 4) is 0 Å². The Labute approximate surface area is 53.9 Å². The van der Waals surface area contributed by atoms with Crippen molar-refractivity contribution in [2.75, 3.05) is 12.4 Å². The number of rotatable bonds is 1. The first-order chi connectivity index (χ1) is 4.33. The van der Waals surface area contributed by atoms with E-state index in [1.54, 1.807) is 25.4 Å². The monoisotopic (exact) mass is 122 g/mol. The molecular formula is C6H8N3. The van der Waals surface area contributed by atoms with Crippen LogP contribution in [0.4, 0.5) is 11.5 Å². The molecule has 0 amide bonds. The fourth-order valence-electron chi connectivity index (χ4n) is 0.567. The van der Waals surface area contributed by atoms with Gasteiger partial charge in [-0.3, -0.25) is 0 Å². The minimum absolute atomic E-state index is 0.481. The summed E-state index contributed by atoms with van der Waals surface area (Å²) in [6.45, 7) is 0. The Balaban J connectivity index is 2.94. The summed E-state index contributed by atoms with van der Waals surface area (Å²) in [5.41, 5.74) is 7.64. The van der Waals surface area contributed by atoms with Crippen molar-refractivity contribution < 1.29 is 0 Å². The molecule has 1 radical (unpaired) electrons. The highest BCUT2D eigenvalue weighted by molar-refractivity contribution is 5.45. The van der Waals surface area contributed by atoms with Crippen LogP contribution in [0.15, 0.2) is 18.3 Å². The molecule has 0 unspecified atom stereocenters. The molecule has 0 aliphatic carbocycles. The Kier molecular flexibility index (Phi) is 1.53. The van der Waals surface area contributed by atoms with Crippen LogP contribution in [0, 0.1) is 0 Å². The second kappa shape index (κ2) is 2.35. The molecule has 0 aromatic carbocycles. The van der Waals surface area contributed by atoms with Gasteiger partial charge < -0.3 is 11.1 Å². The molecule has 9 heavy (non-hydrogen) atoms. The van der Waals surface area contributed by atoms with Crippen LogP contribution in [0.5, 0.6) is 0 Å². The van der Waals surface area contributed by atoms with E-state index in [0.29, 0.717) is 5.69 Å². The lowest BCUT2D eigenvalue weighted by Gasteiger charge is -1.96. The smallest absolute Gasteiger partial charge is 0.127 e. The van der Waals surface area contributed by atoms with Crippen LogP contribution in [-0.2, 0) is 0 Å². The van der Waals surface area contributed by atoms with Crippen LogP contribution in [0.2, 0.25) is 0 Å². The summed E-state index contributed by atoms with van der Waals surface area (Å²) in [5.74, 6) is 0.738. The zero-order valence-corrected chi connectivity index (χ0v) is 5.18. The summed E-state index contributed by atoms with van der Waals surface area (Å²) >= 11 is 0. The number of pyridine rings is 1. The Morgan fingerprint density at radius 3 is 2.89 bits per heavy atom. The lowest BCUT2D eigenvalue weighted by atomic mass is 10.4. The van der Waals surface area contributed by atoms with Gasteiger partial charge in [0.2, 0.25) is 0 Å². The first-order valence-corrected chi connectivity index (χ1v) is 2.68. The Bertz CT molecular complexity index is 197. The van der Waals surface area contributed by atoms with Gasteiger partial charge in [-0.15, -0.1) is 0 Å². The zero-order chi connectivity index (χ0) is 6.69. The van der Waals surface area contributed by atoms with Gasteiger partial charge in [0.15, 0.2) is 0 Å². The third-order valence-corrected chi connectivity index (χ3v) is 1.02. The molecule has 1 aromatic heterocycles. The van der Waals surface area contributed by atoms with Crippen molar-refractivity contribution in [3.63, 3.8) is 0 Å². The molecule has 0 bridgehead atoms. The van der Waals surface area contributed by atoms with Crippen LogP contribution in [-0.4, -0.2) is 12.0 Å². The summed E-state index contributed by atoms with van der Waals surface area (Å²) < 4.78 is 0. The average molecular weight is 122 g/mol. The molecule has 0 spiro atoms. The number of hydrogen-bond donors (Lipinski definition) is 1. The van der Waals surface area contributed by atoms with Gasteiger partial charge in [-0.1, -0.05) is 0 Å². The molecule has 0 atom stereocenters. The predicted octanol–water partition coefficient (Wildman–Crippen LogP) is 1.04. The van der Waals surface area contributed by atoms with Gasteiger partial charge in [0, 0.05) is 19.3 Å². The molecule has 0 aliphatic heterocycles. The highest BCUT2D eigenvalue weighted by Gasteiger charge is 1.87. The first-order valence-electron chi connectivity index (χ1n) is 2.68. The molecule has 47 valence electrons. The molecule has 1 heterocycles. The van der Waals surface area contributed by atoms with Gasteiger partial charge in [-0.2, -0.15) is 0 Å². The zero-order valence-electron chi connectivity index (χ0n) is 5.18. The Hall–Kier alpha value is -1.25. The van der Waals surface area contributed by atoms with Gasteiger partial charge in [0.25, 0.3) is 0 Å². The third-order valence-electron chi connectivity index (χ3n) is 1.02. The maximum Gasteiger partial charge on any atom is 0.127 e. The highest BCUT2D eigenvalue weighted by atomic mass is 14.9. The standard InChI is InChI=1S/C6H8N3/c1-8-6-4-5(7)2-3-9-6/h2-4,7H,1H3,(H,8,9). The molecule has 0 saturated carbocycles. The van der Waals surface area contributed by atoms with E-state index in [1.807, 2.05) is 0 Å². The van der Waals surface area contributed by atoms with Crippen molar-refractivity contribution in [1.82, 2.24) is 10.7 Å². The molecule has 0 saturated heterocycles. The summed E-state index contributed by atoms with van der Waals surface area (Å²) in [7, 11) is 1.78. The third kappa shape index (κ3) is 1.32. The Morgan fingerprint density at radius 2 is 2.44 bits per heavy atom. The summed E-state index contributed by atoms with van der Waals surface area (Å²) in [6.07, 6.45) is 1.61. The fraction of sp³-hybridized carbons (Fsp3) is 0.167. The first kappa shape index (κ1) is 5.88. The van der Waals surface area contributed by atoms with Crippen molar-refractivity contribution >= 4 is 11.5 Å². The molecule has 3 heteroatoms. The Morgan fingerprint density at radius 1 is 1.67 bits per heavy atom. The van der Waals surface area contributed by atoms with E-state index >= 15 is 0 Å². The number of anilines is 1. The van der Waals surface area contributed by atoms with Gasteiger partial charge in [-0.25, -0.2) is 4.98 Å². The van der Waals surface area contributed by atoms with Gasteiger partial charge in [-0.05, 0) is 6.07 Å². The van der Waals surface area contributed by atoms with E-state index in [0.717, 1.165) is 5.82 Å². The topological polar surface area (TPSA) is 48.7 Å². The summed E-state index contributed by atoms with van der Waals surface area (Å²) in [6, 6.07) is 3.31. The lowest BCUT2D eigenvalue weighted by molar-refractivity contribution is 1.27. The SMILES string of the molecule is CNc1cc([NH])ccn1. The maximum atomic E-state index is 7.16. The van der Waals surface area contributed by atoms with Gasteiger partial charge >= 0.3 is 0 Å². The van der Waals surface area contributed by atoms with E-state index in [4.69, 9.17) is 5.73 Å². The number of nitrogens with one attached hydrogen (secondary N) is 2. The second-order valence-electron chi connectivity index (χ2n) is 1.68. The van der Waals surface area contributed by atoms with E-state index in [2.05, 4.69) is 10.3 Å². The van der Waals surface area contributed by atoms with Crippen LogP contribution in [0.1, 0.15) is 0 Å². The quantitative estimate of drug-likeness (QED) is 0.605. The highest BCUT2D eigenvalue weighted by Crippen LogP contribution is 2.07. The van der Waals surface area contributed by atoms with E-state index in [9.17, 15) is 0 Å². The van der Waals surface area contributed by atoms with Gasteiger partial charge in [0.1, 0.15) is 5.82 Å². The molecule has 1 rings (SSSR count). The molecule has 0 fully saturated rings. The maximum absolute atomic E-state index is 7.16. The molecule has 0 aliphatic rings. The van der Waals surface area contributed by atoms with Crippen molar-refractivity contribution in [2.24, 2.45) is 0 Å². The number of hydrogen-bond acceptors (Lipinski definition) is 2. The molecular weight excluding hydrogens is 114 g/mol. The van der Waals surface area contributed by atoms with E-state index in [-0.39, 0.29) is 0 Å². The minimum Gasteiger partial charge on any atom is -0.373 e. The largest absolute Gasteiger partial charge is 0.373 e. The molecule has 2 N–H and O–H groups in total. The number of aromatic nitrogens is 1. The molecule has 3 nitrogen and oxygen atoms in total. The minimum atomic E-state index is 0.481. The van der Waals surface area contributed by atoms with Crippen molar-refractivity contribution in [1.29, 1.82) is 0 Å². The summed E-state index contributed by atoms with van der Waals surface area (Å²) in [5, 5.41) is 2.84. The van der Waals surface area contributed by atoms with E-state index in [1.165, 1.54) is 0 Å². The normalized spacial score (nSPS) is 9.00. The predicted molar refractivity (Wildman–Crippen MR) is 36.5 cm³/mol. The average Bonchev–Trinajstić information content (AvgIpc) is 1.88. The van der Waals surface area contributed by atoms with E-state index < -0.39 is 0 Å². The summed E-state index contributed by atoms with van der Waals surface area (Å²) in [4.78, 5) is 3.93. The fourth-order valence-corrected chi connectivity index (χ4v) is 0.567. The van der Waals surface area contributed by atoms with Crippen LogP contribution >= 0.6 is 0 Å². The second-order valence-corrected chi connectivity index (χ2v) is 1.68. The van der Waals surface area contributed by atoms with Crippen LogP contribution < -0.4 is 11.1 Å². The molecule has 1 aromatic rings. The van der Waals surface area contributed by atoms with Gasteiger partial charge in [0.05, 0.1) is 5.69 Å². The van der Waals surface area contributed by atoms with Crippen molar-refractivity contribution in [2.45, 2.75) is 0 Å².